The Balaban J connectivity index is 1.82. The van der Waals surface area contributed by atoms with Crippen LogP contribution in [0.5, 0.6) is 5.75 Å². The van der Waals surface area contributed by atoms with Crippen LogP contribution < -0.4 is 4.74 Å². The number of thioether (sulfide) groups is 1. The Morgan fingerprint density at radius 2 is 1.75 bits per heavy atom. The maximum Gasteiger partial charge on any atom is 0.191 e. The first-order valence-corrected chi connectivity index (χ1v) is 8.80. The van der Waals surface area contributed by atoms with Gasteiger partial charge in [0.25, 0.3) is 0 Å². The molecule has 1 heterocycles. The Hall–Kier alpha value is -2.27. The van der Waals surface area contributed by atoms with Crippen molar-refractivity contribution < 1.29 is 4.74 Å². The summed E-state index contributed by atoms with van der Waals surface area (Å²) in [5, 5.41) is 9.60. The maximum atomic E-state index is 5.43. The molecule has 0 N–H and O–H groups in total. The highest BCUT2D eigenvalue weighted by molar-refractivity contribution is 7.98. The third kappa shape index (κ3) is 3.46. The molecule has 124 valence electrons. The Morgan fingerprint density at radius 1 is 1.04 bits per heavy atom. The van der Waals surface area contributed by atoms with Gasteiger partial charge in [0.15, 0.2) is 11.0 Å². The number of hydrogen-bond acceptors (Lipinski definition) is 4. The summed E-state index contributed by atoms with van der Waals surface area (Å²) in [7, 11) is 3.66. The van der Waals surface area contributed by atoms with E-state index in [-0.39, 0.29) is 0 Å². The highest BCUT2D eigenvalue weighted by Gasteiger charge is 2.14. The van der Waals surface area contributed by atoms with Crippen LogP contribution in [0.1, 0.15) is 16.7 Å². The lowest BCUT2D eigenvalue weighted by Gasteiger charge is -2.08. The molecule has 0 fully saturated rings. The molecule has 0 radical (unpaired) electrons. The second-order valence-electron chi connectivity index (χ2n) is 5.85. The lowest BCUT2D eigenvalue weighted by atomic mass is 10.1. The van der Waals surface area contributed by atoms with Gasteiger partial charge in [-0.25, -0.2) is 0 Å². The second-order valence-corrected chi connectivity index (χ2v) is 6.79. The van der Waals surface area contributed by atoms with E-state index in [0.717, 1.165) is 28.0 Å². The second kappa shape index (κ2) is 7.09. The molecule has 0 spiro atoms. The normalized spacial score (nSPS) is 10.8. The molecule has 0 aliphatic carbocycles. The summed E-state index contributed by atoms with van der Waals surface area (Å²) < 4.78 is 7.45. The molecule has 5 heteroatoms. The Bertz CT molecular complexity index is 837. The van der Waals surface area contributed by atoms with E-state index in [1.54, 1.807) is 18.9 Å². The lowest BCUT2D eigenvalue weighted by molar-refractivity contribution is 0.416. The summed E-state index contributed by atoms with van der Waals surface area (Å²) in [6.07, 6.45) is 0. The van der Waals surface area contributed by atoms with Crippen LogP contribution in [0.4, 0.5) is 0 Å². The molecule has 0 aliphatic heterocycles. The van der Waals surface area contributed by atoms with E-state index >= 15 is 0 Å². The number of aromatic nitrogens is 3. The van der Waals surface area contributed by atoms with Crippen LogP contribution in [0.15, 0.2) is 47.6 Å². The highest BCUT2D eigenvalue weighted by atomic mass is 32.2. The van der Waals surface area contributed by atoms with E-state index in [9.17, 15) is 0 Å². The summed E-state index contributed by atoms with van der Waals surface area (Å²) in [6.45, 7) is 4.26. The first-order valence-electron chi connectivity index (χ1n) is 7.81. The van der Waals surface area contributed by atoms with Crippen LogP contribution in [0.25, 0.3) is 11.4 Å². The van der Waals surface area contributed by atoms with Crippen molar-refractivity contribution in [3.8, 4) is 17.1 Å². The molecule has 0 saturated carbocycles. The van der Waals surface area contributed by atoms with Gasteiger partial charge in [-0.15, -0.1) is 10.2 Å². The minimum atomic E-state index is 0.804. The molecule has 0 amide bonds. The summed E-state index contributed by atoms with van der Waals surface area (Å²) in [5.74, 6) is 2.50. The molecule has 3 rings (SSSR count). The monoisotopic (exact) mass is 339 g/mol. The number of ether oxygens (including phenoxy) is 1. The van der Waals surface area contributed by atoms with Gasteiger partial charge in [0.2, 0.25) is 0 Å². The predicted octanol–water partition coefficient (Wildman–Crippen LogP) is 4.40. The van der Waals surface area contributed by atoms with Gasteiger partial charge in [-0.3, -0.25) is 0 Å². The van der Waals surface area contributed by atoms with Gasteiger partial charge in [0, 0.05) is 12.8 Å². The zero-order valence-corrected chi connectivity index (χ0v) is 15.2. The van der Waals surface area contributed by atoms with E-state index in [2.05, 4.69) is 42.2 Å². The topological polar surface area (TPSA) is 39.9 Å². The van der Waals surface area contributed by atoms with E-state index in [4.69, 9.17) is 4.74 Å². The zero-order valence-electron chi connectivity index (χ0n) is 14.4. The third-order valence-corrected chi connectivity index (χ3v) is 4.92. The summed E-state index contributed by atoms with van der Waals surface area (Å²) >= 11 is 1.70. The number of nitrogens with zero attached hydrogens (tertiary/aromatic N) is 3. The van der Waals surface area contributed by atoms with Crippen molar-refractivity contribution in [2.24, 2.45) is 7.05 Å². The first kappa shape index (κ1) is 16.6. The standard InChI is InChI=1S/C19H21N3OS/c1-13-9-14(2)11-15(10-13)12-24-19-21-20-18(22(19)3)16-7-5-6-8-17(16)23-4/h5-11H,12H2,1-4H3. The number of benzene rings is 2. The van der Waals surface area contributed by atoms with E-state index < -0.39 is 0 Å². The van der Waals surface area contributed by atoms with Crippen LogP contribution in [-0.4, -0.2) is 21.9 Å². The van der Waals surface area contributed by atoms with Gasteiger partial charge in [0.05, 0.1) is 12.7 Å². The maximum absolute atomic E-state index is 5.43. The Labute approximate surface area is 146 Å². The van der Waals surface area contributed by atoms with E-state index in [0.29, 0.717) is 0 Å². The number of para-hydroxylation sites is 1. The fraction of sp³-hybridized carbons (Fsp3) is 0.263. The van der Waals surface area contributed by atoms with Crippen molar-refractivity contribution in [3.05, 3.63) is 59.2 Å². The van der Waals surface area contributed by atoms with Crippen molar-refractivity contribution in [2.75, 3.05) is 7.11 Å². The van der Waals surface area contributed by atoms with Gasteiger partial charge in [-0.05, 0) is 31.5 Å². The minimum Gasteiger partial charge on any atom is -0.496 e. The molecule has 0 bridgehead atoms. The van der Waals surface area contributed by atoms with Gasteiger partial charge < -0.3 is 9.30 Å². The van der Waals surface area contributed by atoms with Crippen molar-refractivity contribution >= 4 is 11.8 Å². The predicted molar refractivity (Wildman–Crippen MR) is 98.5 cm³/mol. The Morgan fingerprint density at radius 3 is 2.46 bits per heavy atom. The molecule has 4 nitrogen and oxygen atoms in total. The van der Waals surface area contributed by atoms with E-state index in [1.807, 2.05) is 35.9 Å². The number of methoxy groups -OCH3 is 1. The fourth-order valence-corrected chi connectivity index (χ4v) is 3.65. The molecule has 3 aromatic rings. The van der Waals surface area contributed by atoms with Crippen LogP contribution in [0.2, 0.25) is 0 Å². The van der Waals surface area contributed by atoms with Crippen molar-refractivity contribution in [3.63, 3.8) is 0 Å². The third-order valence-electron chi connectivity index (χ3n) is 3.83. The summed E-state index contributed by atoms with van der Waals surface area (Å²) in [6, 6.07) is 14.5. The smallest absolute Gasteiger partial charge is 0.191 e. The van der Waals surface area contributed by atoms with Crippen molar-refractivity contribution in [1.82, 2.24) is 14.8 Å². The van der Waals surface area contributed by atoms with Crippen LogP contribution in [0.3, 0.4) is 0 Å². The molecule has 0 aliphatic rings. The Kier molecular flexibility index (Phi) is 4.90. The van der Waals surface area contributed by atoms with E-state index in [1.165, 1.54) is 16.7 Å². The highest BCUT2D eigenvalue weighted by Crippen LogP contribution is 2.31. The molecule has 24 heavy (non-hydrogen) atoms. The summed E-state index contributed by atoms with van der Waals surface area (Å²) in [5.41, 5.74) is 4.84. The molecular formula is C19H21N3OS. The van der Waals surface area contributed by atoms with Crippen LogP contribution in [0, 0.1) is 13.8 Å². The molecule has 1 aromatic heterocycles. The quantitative estimate of drug-likeness (QED) is 0.646. The zero-order chi connectivity index (χ0) is 17.1. The molecular weight excluding hydrogens is 318 g/mol. The average molecular weight is 339 g/mol. The van der Waals surface area contributed by atoms with Gasteiger partial charge >= 0.3 is 0 Å². The van der Waals surface area contributed by atoms with Crippen LogP contribution in [-0.2, 0) is 12.8 Å². The van der Waals surface area contributed by atoms with Gasteiger partial charge in [-0.1, -0.05) is 53.2 Å². The number of rotatable bonds is 5. The number of hydrogen-bond donors (Lipinski definition) is 0. The fourth-order valence-electron chi connectivity index (χ4n) is 2.80. The van der Waals surface area contributed by atoms with Crippen LogP contribution >= 0.6 is 11.8 Å². The molecule has 0 saturated heterocycles. The lowest BCUT2D eigenvalue weighted by Crippen LogP contribution is -1.97. The van der Waals surface area contributed by atoms with Gasteiger partial charge in [-0.2, -0.15) is 0 Å². The average Bonchev–Trinajstić information content (AvgIpc) is 2.92. The number of aryl methyl sites for hydroxylation is 2. The molecule has 0 unspecified atom stereocenters. The molecule has 2 aromatic carbocycles. The largest absolute Gasteiger partial charge is 0.496 e. The van der Waals surface area contributed by atoms with Crippen molar-refractivity contribution in [1.29, 1.82) is 0 Å². The van der Waals surface area contributed by atoms with Crippen molar-refractivity contribution in [2.45, 2.75) is 24.8 Å². The van der Waals surface area contributed by atoms with Gasteiger partial charge in [0.1, 0.15) is 5.75 Å². The SMILES string of the molecule is COc1ccccc1-c1nnc(SCc2cc(C)cc(C)c2)n1C. The minimum absolute atomic E-state index is 0.804. The summed E-state index contributed by atoms with van der Waals surface area (Å²) in [4.78, 5) is 0. The molecule has 0 atom stereocenters. The first-order chi connectivity index (χ1) is 11.6.